The fourth-order valence-electron chi connectivity index (χ4n) is 2.63. The lowest BCUT2D eigenvalue weighted by molar-refractivity contribution is -0.124. The van der Waals surface area contributed by atoms with Gasteiger partial charge in [-0.3, -0.25) is 4.79 Å². The minimum atomic E-state index is 0.0412. The maximum absolute atomic E-state index is 11.8. The molecule has 0 aromatic heterocycles. The van der Waals surface area contributed by atoms with E-state index in [1.54, 1.807) is 0 Å². The summed E-state index contributed by atoms with van der Waals surface area (Å²) >= 11 is 0. The van der Waals surface area contributed by atoms with Crippen molar-refractivity contribution in [1.82, 2.24) is 5.32 Å². The third-order valence-electron chi connectivity index (χ3n) is 4.40. The minimum Gasteiger partial charge on any atom is -0.378 e. The maximum Gasteiger partial charge on any atom is 0.220 e. The average molecular weight is 240 g/mol. The van der Waals surface area contributed by atoms with E-state index in [9.17, 15) is 4.79 Å². The molecule has 1 aliphatic carbocycles. The average Bonchev–Trinajstić information content (AvgIpc) is 2.79. The van der Waals surface area contributed by atoms with Gasteiger partial charge in [0.05, 0.1) is 6.10 Å². The lowest BCUT2D eigenvalue weighted by Gasteiger charge is -2.50. The molecule has 98 valence electrons. The van der Waals surface area contributed by atoms with Crippen molar-refractivity contribution >= 4 is 5.91 Å². The molecule has 2 rings (SSSR count). The number of ether oxygens (including phenoxy) is 1. The van der Waals surface area contributed by atoms with Crippen LogP contribution in [0.4, 0.5) is 0 Å². The zero-order valence-corrected chi connectivity index (χ0v) is 10.9. The molecular formula is C13H24N2O2. The smallest absolute Gasteiger partial charge is 0.220 e. The van der Waals surface area contributed by atoms with Gasteiger partial charge < -0.3 is 15.8 Å². The zero-order chi connectivity index (χ0) is 12.5. The molecule has 1 heterocycles. The highest BCUT2D eigenvalue weighted by molar-refractivity contribution is 5.76. The van der Waals surface area contributed by atoms with E-state index in [-0.39, 0.29) is 23.4 Å². The Bertz CT molecular complexity index is 285. The third-order valence-corrected chi connectivity index (χ3v) is 4.40. The molecule has 17 heavy (non-hydrogen) atoms. The van der Waals surface area contributed by atoms with Gasteiger partial charge in [-0.15, -0.1) is 0 Å². The molecule has 0 aromatic carbocycles. The van der Waals surface area contributed by atoms with Gasteiger partial charge in [0, 0.05) is 30.5 Å². The molecule has 0 radical (unpaired) electrons. The monoisotopic (exact) mass is 240 g/mol. The summed E-state index contributed by atoms with van der Waals surface area (Å²) in [5.41, 5.74) is 5.97. The van der Waals surface area contributed by atoms with Crippen LogP contribution >= 0.6 is 0 Å². The molecule has 4 nitrogen and oxygen atoms in total. The predicted octanol–water partition coefficient (Wildman–Crippen LogP) is 1.19. The molecule has 2 aliphatic rings. The first kappa shape index (κ1) is 12.8. The van der Waals surface area contributed by atoms with Crippen LogP contribution in [0.15, 0.2) is 0 Å². The molecule has 1 saturated heterocycles. The van der Waals surface area contributed by atoms with Crippen molar-refractivity contribution in [2.75, 3.05) is 6.61 Å². The van der Waals surface area contributed by atoms with Gasteiger partial charge >= 0.3 is 0 Å². The van der Waals surface area contributed by atoms with E-state index >= 15 is 0 Å². The van der Waals surface area contributed by atoms with Gasteiger partial charge in [-0.25, -0.2) is 0 Å². The summed E-state index contributed by atoms with van der Waals surface area (Å²) in [5.74, 6) is 0.144. The van der Waals surface area contributed by atoms with Crippen molar-refractivity contribution in [2.24, 2.45) is 11.1 Å². The number of amides is 1. The Labute approximate surface area is 103 Å². The fraction of sp³-hybridized carbons (Fsp3) is 0.923. The van der Waals surface area contributed by atoms with Crippen LogP contribution in [0.2, 0.25) is 0 Å². The normalized spacial score (nSPS) is 35.4. The number of hydrogen-bond acceptors (Lipinski definition) is 3. The first-order valence-electron chi connectivity index (χ1n) is 6.66. The SMILES string of the molecule is CC1(C)C(N)CC1NC(=O)CCC1CCCO1. The highest BCUT2D eigenvalue weighted by Gasteiger charge is 2.46. The summed E-state index contributed by atoms with van der Waals surface area (Å²) in [6, 6.07) is 0.459. The van der Waals surface area contributed by atoms with E-state index < -0.39 is 0 Å². The van der Waals surface area contributed by atoms with E-state index in [4.69, 9.17) is 10.5 Å². The number of hydrogen-bond donors (Lipinski definition) is 2. The standard InChI is InChI=1S/C13H24N2O2/c1-13(2)10(14)8-11(13)15-12(16)6-5-9-4-3-7-17-9/h9-11H,3-8,14H2,1-2H3,(H,15,16). The molecule has 4 heteroatoms. The van der Waals surface area contributed by atoms with Crippen LogP contribution in [-0.2, 0) is 9.53 Å². The molecule has 0 spiro atoms. The van der Waals surface area contributed by atoms with Crippen LogP contribution < -0.4 is 11.1 Å². The first-order valence-corrected chi connectivity index (χ1v) is 6.66. The molecule has 1 amide bonds. The summed E-state index contributed by atoms with van der Waals surface area (Å²) in [5, 5.41) is 3.09. The van der Waals surface area contributed by atoms with Crippen molar-refractivity contribution in [1.29, 1.82) is 0 Å². The lowest BCUT2D eigenvalue weighted by Crippen LogP contribution is -2.64. The Hall–Kier alpha value is -0.610. The second-order valence-electron chi connectivity index (χ2n) is 5.96. The summed E-state index contributed by atoms with van der Waals surface area (Å²) in [6.07, 6.45) is 4.87. The largest absolute Gasteiger partial charge is 0.378 e. The highest BCUT2D eigenvalue weighted by atomic mass is 16.5. The van der Waals surface area contributed by atoms with Crippen LogP contribution in [0.1, 0.15) is 46.0 Å². The lowest BCUT2D eigenvalue weighted by atomic mass is 9.63. The van der Waals surface area contributed by atoms with Gasteiger partial charge in [0.15, 0.2) is 0 Å². The minimum absolute atomic E-state index is 0.0412. The Morgan fingerprint density at radius 1 is 1.53 bits per heavy atom. The topological polar surface area (TPSA) is 64.3 Å². The molecular weight excluding hydrogens is 216 g/mol. The quantitative estimate of drug-likeness (QED) is 0.775. The van der Waals surface area contributed by atoms with E-state index in [1.165, 1.54) is 0 Å². The van der Waals surface area contributed by atoms with Crippen LogP contribution in [-0.4, -0.2) is 30.7 Å². The first-order chi connectivity index (χ1) is 8.00. The van der Waals surface area contributed by atoms with E-state index in [1.807, 2.05) is 0 Å². The Kier molecular flexibility index (Phi) is 3.73. The molecule has 3 atom stereocenters. The van der Waals surface area contributed by atoms with Gasteiger partial charge in [-0.1, -0.05) is 13.8 Å². The summed E-state index contributed by atoms with van der Waals surface area (Å²) in [6.45, 7) is 5.09. The highest BCUT2D eigenvalue weighted by Crippen LogP contribution is 2.39. The molecule has 2 fully saturated rings. The van der Waals surface area contributed by atoms with Gasteiger partial charge in [-0.2, -0.15) is 0 Å². The second-order valence-corrected chi connectivity index (χ2v) is 5.96. The number of nitrogens with one attached hydrogen (secondary N) is 1. The molecule has 0 bridgehead atoms. The predicted molar refractivity (Wildman–Crippen MR) is 66.5 cm³/mol. The Balaban J connectivity index is 1.67. The van der Waals surface area contributed by atoms with Gasteiger partial charge in [0.1, 0.15) is 0 Å². The zero-order valence-electron chi connectivity index (χ0n) is 10.9. The van der Waals surface area contributed by atoms with Crippen molar-refractivity contribution in [3.8, 4) is 0 Å². The third kappa shape index (κ3) is 2.80. The fourth-order valence-corrected chi connectivity index (χ4v) is 2.63. The van der Waals surface area contributed by atoms with Crippen LogP contribution in [0.5, 0.6) is 0 Å². The van der Waals surface area contributed by atoms with E-state index in [2.05, 4.69) is 19.2 Å². The van der Waals surface area contributed by atoms with Gasteiger partial charge in [-0.05, 0) is 25.7 Å². The second kappa shape index (κ2) is 4.94. The van der Waals surface area contributed by atoms with Crippen molar-refractivity contribution in [2.45, 2.75) is 64.1 Å². The van der Waals surface area contributed by atoms with E-state index in [0.29, 0.717) is 12.5 Å². The summed E-state index contributed by atoms with van der Waals surface area (Å²) < 4.78 is 5.51. The maximum atomic E-state index is 11.8. The summed E-state index contributed by atoms with van der Waals surface area (Å²) in [4.78, 5) is 11.8. The van der Waals surface area contributed by atoms with Crippen LogP contribution in [0, 0.1) is 5.41 Å². The van der Waals surface area contributed by atoms with Crippen molar-refractivity contribution < 1.29 is 9.53 Å². The molecule has 3 N–H and O–H groups in total. The van der Waals surface area contributed by atoms with Gasteiger partial charge in [0.25, 0.3) is 0 Å². The summed E-state index contributed by atoms with van der Waals surface area (Å²) in [7, 11) is 0. The molecule has 3 unspecified atom stereocenters. The van der Waals surface area contributed by atoms with Crippen molar-refractivity contribution in [3.05, 3.63) is 0 Å². The number of nitrogens with two attached hydrogens (primary N) is 1. The molecule has 1 aliphatic heterocycles. The molecule has 1 saturated carbocycles. The Morgan fingerprint density at radius 2 is 2.29 bits per heavy atom. The number of carbonyl (C=O) groups excluding carboxylic acids is 1. The number of rotatable bonds is 4. The molecule has 0 aromatic rings. The van der Waals surface area contributed by atoms with Gasteiger partial charge in [0.2, 0.25) is 5.91 Å². The van der Waals surface area contributed by atoms with E-state index in [0.717, 1.165) is 32.3 Å². The van der Waals surface area contributed by atoms with Crippen LogP contribution in [0.25, 0.3) is 0 Å². The van der Waals surface area contributed by atoms with Crippen LogP contribution in [0.3, 0.4) is 0 Å². The number of carbonyl (C=O) groups is 1. The Morgan fingerprint density at radius 3 is 2.82 bits per heavy atom. The van der Waals surface area contributed by atoms with Crippen molar-refractivity contribution in [3.63, 3.8) is 0 Å².